The lowest BCUT2D eigenvalue weighted by Crippen LogP contribution is -2.22. The predicted molar refractivity (Wildman–Crippen MR) is 74.4 cm³/mol. The number of aromatic nitrogens is 2. The van der Waals surface area contributed by atoms with Crippen LogP contribution >= 0.6 is 11.8 Å². The standard InChI is InChI=1S/C11H14N4O2S2/c1-15(2)19(16,17)8-3-4-9(12)10(7-8)18-11-13-5-6-14-11/h3-7H,12H2,1-2H3,(H,13,14). The highest BCUT2D eigenvalue weighted by Crippen LogP contribution is 2.32. The van der Waals surface area contributed by atoms with Crippen molar-refractivity contribution in [3.8, 4) is 0 Å². The molecule has 1 heterocycles. The highest BCUT2D eigenvalue weighted by Gasteiger charge is 2.18. The minimum atomic E-state index is -3.46. The molecule has 0 bridgehead atoms. The van der Waals surface area contributed by atoms with E-state index in [4.69, 9.17) is 5.73 Å². The second kappa shape index (κ2) is 5.24. The molecule has 6 nitrogen and oxygen atoms in total. The summed E-state index contributed by atoms with van der Waals surface area (Å²) >= 11 is 1.29. The minimum absolute atomic E-state index is 0.209. The fraction of sp³-hybridized carbons (Fsp3) is 0.182. The average Bonchev–Trinajstić information content (AvgIpc) is 2.84. The van der Waals surface area contributed by atoms with Crippen molar-refractivity contribution in [2.45, 2.75) is 14.9 Å². The highest BCUT2D eigenvalue weighted by atomic mass is 32.2. The lowest BCUT2D eigenvalue weighted by molar-refractivity contribution is 0.520. The smallest absolute Gasteiger partial charge is 0.242 e. The van der Waals surface area contributed by atoms with Gasteiger partial charge in [-0.3, -0.25) is 0 Å². The molecule has 0 fully saturated rings. The van der Waals surface area contributed by atoms with Crippen LogP contribution in [0.2, 0.25) is 0 Å². The average molecular weight is 298 g/mol. The van der Waals surface area contributed by atoms with Crippen molar-refractivity contribution in [2.75, 3.05) is 19.8 Å². The SMILES string of the molecule is CN(C)S(=O)(=O)c1ccc(N)c(Sc2ncc[nH]2)c1. The van der Waals surface area contributed by atoms with Crippen LogP contribution in [0.3, 0.4) is 0 Å². The van der Waals surface area contributed by atoms with Crippen molar-refractivity contribution in [3.05, 3.63) is 30.6 Å². The van der Waals surface area contributed by atoms with Crippen molar-refractivity contribution in [3.63, 3.8) is 0 Å². The lowest BCUT2D eigenvalue weighted by atomic mass is 10.3. The first kappa shape index (κ1) is 13.9. The van der Waals surface area contributed by atoms with Crippen molar-refractivity contribution in [1.29, 1.82) is 0 Å². The van der Waals surface area contributed by atoms with Gasteiger partial charge in [0.1, 0.15) is 0 Å². The summed E-state index contributed by atoms with van der Waals surface area (Å²) in [5.74, 6) is 0. The Bertz CT molecular complexity index is 666. The highest BCUT2D eigenvalue weighted by molar-refractivity contribution is 7.99. The van der Waals surface area contributed by atoms with E-state index in [0.717, 1.165) is 0 Å². The number of nitrogens with zero attached hydrogens (tertiary/aromatic N) is 2. The van der Waals surface area contributed by atoms with E-state index in [1.54, 1.807) is 24.5 Å². The fourth-order valence-electron chi connectivity index (χ4n) is 1.39. The van der Waals surface area contributed by atoms with Gasteiger partial charge in [0.25, 0.3) is 0 Å². The van der Waals surface area contributed by atoms with Gasteiger partial charge in [-0.15, -0.1) is 0 Å². The molecule has 3 N–H and O–H groups in total. The molecule has 0 unspecified atom stereocenters. The third kappa shape index (κ3) is 2.91. The van der Waals surface area contributed by atoms with Gasteiger partial charge in [0, 0.05) is 37.1 Å². The quantitative estimate of drug-likeness (QED) is 0.832. The van der Waals surface area contributed by atoms with Crippen molar-refractivity contribution in [1.82, 2.24) is 14.3 Å². The molecule has 19 heavy (non-hydrogen) atoms. The van der Waals surface area contributed by atoms with Crippen molar-refractivity contribution < 1.29 is 8.42 Å². The molecule has 102 valence electrons. The summed E-state index contributed by atoms with van der Waals surface area (Å²) in [6, 6.07) is 4.64. The summed E-state index contributed by atoms with van der Waals surface area (Å²) < 4.78 is 25.3. The molecule has 0 aliphatic heterocycles. The zero-order valence-corrected chi connectivity index (χ0v) is 12.1. The largest absolute Gasteiger partial charge is 0.398 e. The van der Waals surface area contributed by atoms with Gasteiger partial charge in [-0.1, -0.05) is 0 Å². The van der Waals surface area contributed by atoms with Gasteiger partial charge in [0.2, 0.25) is 10.0 Å². The maximum atomic E-state index is 12.1. The Kier molecular flexibility index (Phi) is 3.83. The predicted octanol–water partition coefficient (Wildman–Crippen LogP) is 1.39. The van der Waals surface area contributed by atoms with E-state index in [0.29, 0.717) is 15.7 Å². The van der Waals surface area contributed by atoms with E-state index in [-0.39, 0.29) is 4.90 Å². The van der Waals surface area contributed by atoms with Crippen molar-refractivity contribution >= 4 is 27.5 Å². The molecular formula is C11H14N4O2S2. The molecule has 0 atom stereocenters. The number of aromatic amines is 1. The van der Waals surface area contributed by atoms with Crippen LogP contribution < -0.4 is 5.73 Å². The number of imidazole rings is 1. The number of rotatable bonds is 4. The van der Waals surface area contributed by atoms with E-state index in [9.17, 15) is 8.42 Å². The minimum Gasteiger partial charge on any atom is -0.398 e. The summed E-state index contributed by atoms with van der Waals surface area (Å²) in [4.78, 5) is 7.86. The third-order valence-corrected chi connectivity index (χ3v) is 5.24. The second-order valence-corrected chi connectivity index (χ2v) is 7.17. The van der Waals surface area contributed by atoms with E-state index < -0.39 is 10.0 Å². The molecule has 2 rings (SSSR count). The zero-order chi connectivity index (χ0) is 14.0. The van der Waals surface area contributed by atoms with Gasteiger partial charge >= 0.3 is 0 Å². The molecule has 8 heteroatoms. The van der Waals surface area contributed by atoms with Crippen LogP contribution in [0.4, 0.5) is 5.69 Å². The van der Waals surface area contributed by atoms with Crippen LogP contribution in [-0.2, 0) is 10.0 Å². The van der Waals surface area contributed by atoms with E-state index >= 15 is 0 Å². The Balaban J connectivity index is 2.40. The van der Waals surface area contributed by atoms with Gasteiger partial charge < -0.3 is 10.7 Å². The molecule has 2 aromatic rings. The molecule has 0 spiro atoms. The Hall–Kier alpha value is -1.51. The monoisotopic (exact) mass is 298 g/mol. The number of benzene rings is 1. The zero-order valence-electron chi connectivity index (χ0n) is 10.5. The first-order chi connectivity index (χ1) is 8.91. The van der Waals surface area contributed by atoms with Crippen LogP contribution in [-0.4, -0.2) is 36.8 Å². The molecule has 0 radical (unpaired) electrons. The molecule has 0 saturated heterocycles. The summed E-state index contributed by atoms with van der Waals surface area (Å²) in [6.07, 6.45) is 3.32. The van der Waals surface area contributed by atoms with Gasteiger partial charge in [0.15, 0.2) is 5.16 Å². The third-order valence-electron chi connectivity index (χ3n) is 2.44. The first-order valence-electron chi connectivity index (χ1n) is 5.40. The normalized spacial score (nSPS) is 11.9. The Morgan fingerprint density at radius 3 is 2.68 bits per heavy atom. The molecule has 0 aliphatic rings. The van der Waals surface area contributed by atoms with Crippen LogP contribution in [0.15, 0.2) is 45.5 Å². The van der Waals surface area contributed by atoms with E-state index in [2.05, 4.69) is 9.97 Å². The first-order valence-corrected chi connectivity index (χ1v) is 7.66. The Morgan fingerprint density at radius 1 is 1.37 bits per heavy atom. The number of H-pyrrole nitrogens is 1. The lowest BCUT2D eigenvalue weighted by Gasteiger charge is -2.13. The van der Waals surface area contributed by atoms with Gasteiger partial charge in [-0.2, -0.15) is 0 Å². The van der Waals surface area contributed by atoms with Crippen LogP contribution in [0, 0.1) is 0 Å². The number of nitrogen functional groups attached to an aromatic ring is 1. The summed E-state index contributed by atoms with van der Waals surface area (Å²) in [6.45, 7) is 0. The summed E-state index contributed by atoms with van der Waals surface area (Å²) in [5.41, 5.74) is 6.37. The molecular weight excluding hydrogens is 284 g/mol. The number of hydrogen-bond donors (Lipinski definition) is 2. The summed E-state index contributed by atoms with van der Waals surface area (Å²) in [7, 11) is -0.479. The van der Waals surface area contributed by atoms with Crippen LogP contribution in [0.1, 0.15) is 0 Å². The fourth-order valence-corrected chi connectivity index (χ4v) is 3.21. The molecule has 1 aromatic heterocycles. The maximum Gasteiger partial charge on any atom is 0.242 e. The van der Waals surface area contributed by atoms with Crippen molar-refractivity contribution in [2.24, 2.45) is 0 Å². The molecule has 0 aliphatic carbocycles. The molecule has 0 saturated carbocycles. The number of nitrogens with two attached hydrogens (primary N) is 1. The second-order valence-electron chi connectivity index (χ2n) is 3.98. The number of sulfonamides is 1. The topological polar surface area (TPSA) is 92.1 Å². The maximum absolute atomic E-state index is 12.1. The van der Waals surface area contributed by atoms with Gasteiger partial charge in [-0.25, -0.2) is 17.7 Å². The molecule has 0 amide bonds. The van der Waals surface area contributed by atoms with Gasteiger partial charge in [-0.05, 0) is 30.0 Å². The summed E-state index contributed by atoms with van der Waals surface area (Å²) in [5, 5.41) is 0.658. The Labute approximate surface area is 116 Å². The van der Waals surface area contributed by atoms with Gasteiger partial charge in [0.05, 0.1) is 4.90 Å². The Morgan fingerprint density at radius 2 is 2.11 bits per heavy atom. The molecule has 1 aromatic carbocycles. The number of nitrogens with one attached hydrogen (secondary N) is 1. The van der Waals surface area contributed by atoms with E-state index in [1.807, 2.05) is 0 Å². The van der Waals surface area contributed by atoms with E-state index in [1.165, 1.54) is 36.2 Å². The van der Waals surface area contributed by atoms with Crippen LogP contribution in [0.5, 0.6) is 0 Å². The van der Waals surface area contributed by atoms with Crippen LogP contribution in [0.25, 0.3) is 0 Å². The number of anilines is 1. The number of hydrogen-bond acceptors (Lipinski definition) is 5.